The van der Waals surface area contributed by atoms with Crippen molar-refractivity contribution in [3.63, 3.8) is 0 Å². The van der Waals surface area contributed by atoms with Crippen molar-refractivity contribution in [2.45, 2.75) is 13.3 Å². The summed E-state index contributed by atoms with van der Waals surface area (Å²) < 4.78 is 17.8. The van der Waals surface area contributed by atoms with Crippen LogP contribution in [0.1, 0.15) is 11.3 Å². The Morgan fingerprint density at radius 1 is 1.07 bits per heavy atom. The van der Waals surface area contributed by atoms with Crippen LogP contribution in [0.5, 0.6) is 0 Å². The SMILES string of the molecule is Cc1cc(NC(=O)CN2CCN(CC(=O)NCCc3ccc(F)cc3)CC2)no1. The Balaban J connectivity index is 1.30. The third kappa shape index (κ3) is 6.95. The lowest BCUT2D eigenvalue weighted by Crippen LogP contribution is -2.51. The number of halogens is 1. The monoisotopic (exact) mass is 403 g/mol. The molecule has 0 radical (unpaired) electrons. The number of piperazine rings is 1. The normalized spacial score (nSPS) is 15.2. The lowest BCUT2D eigenvalue weighted by molar-refractivity contribution is -0.123. The summed E-state index contributed by atoms with van der Waals surface area (Å²) in [6.07, 6.45) is 0.667. The topological polar surface area (TPSA) is 90.7 Å². The van der Waals surface area contributed by atoms with E-state index < -0.39 is 0 Å². The number of aryl methyl sites for hydroxylation is 1. The number of hydrogen-bond donors (Lipinski definition) is 2. The number of anilines is 1. The summed E-state index contributed by atoms with van der Waals surface area (Å²) in [6, 6.07) is 7.96. The summed E-state index contributed by atoms with van der Waals surface area (Å²) in [5.41, 5.74) is 0.986. The van der Waals surface area contributed by atoms with Crippen molar-refractivity contribution >= 4 is 17.6 Å². The van der Waals surface area contributed by atoms with Gasteiger partial charge in [-0.2, -0.15) is 0 Å². The van der Waals surface area contributed by atoms with Gasteiger partial charge in [-0.1, -0.05) is 17.3 Å². The van der Waals surface area contributed by atoms with Crippen molar-refractivity contribution in [1.29, 1.82) is 0 Å². The lowest BCUT2D eigenvalue weighted by Gasteiger charge is -2.33. The average molecular weight is 403 g/mol. The van der Waals surface area contributed by atoms with E-state index in [1.54, 1.807) is 25.1 Å². The zero-order valence-electron chi connectivity index (χ0n) is 16.5. The fourth-order valence-electron chi connectivity index (χ4n) is 3.17. The molecule has 0 atom stereocenters. The molecule has 1 saturated heterocycles. The van der Waals surface area contributed by atoms with Crippen LogP contribution in [-0.2, 0) is 16.0 Å². The number of nitrogens with one attached hydrogen (secondary N) is 2. The summed E-state index contributed by atoms with van der Waals surface area (Å²) in [7, 11) is 0. The van der Waals surface area contributed by atoms with Crippen LogP contribution >= 0.6 is 0 Å². The van der Waals surface area contributed by atoms with Crippen LogP contribution in [0.4, 0.5) is 10.2 Å². The molecule has 0 saturated carbocycles. The zero-order valence-corrected chi connectivity index (χ0v) is 16.5. The smallest absolute Gasteiger partial charge is 0.239 e. The number of carbonyl (C=O) groups is 2. The third-order valence-corrected chi connectivity index (χ3v) is 4.74. The van der Waals surface area contributed by atoms with E-state index in [4.69, 9.17) is 4.52 Å². The molecule has 1 fully saturated rings. The molecule has 0 bridgehead atoms. The number of amides is 2. The molecule has 2 heterocycles. The first-order valence-electron chi connectivity index (χ1n) is 9.67. The summed E-state index contributed by atoms with van der Waals surface area (Å²) in [5.74, 6) is 0.640. The summed E-state index contributed by atoms with van der Waals surface area (Å²) >= 11 is 0. The van der Waals surface area contributed by atoms with E-state index in [-0.39, 0.29) is 24.2 Å². The molecule has 2 aromatic rings. The highest BCUT2D eigenvalue weighted by Gasteiger charge is 2.20. The number of rotatable bonds is 8. The van der Waals surface area contributed by atoms with Gasteiger partial charge in [0.15, 0.2) is 5.82 Å². The molecular weight excluding hydrogens is 377 g/mol. The molecule has 156 valence electrons. The molecule has 3 rings (SSSR count). The van der Waals surface area contributed by atoms with Gasteiger partial charge in [0.05, 0.1) is 13.1 Å². The van der Waals surface area contributed by atoms with Gasteiger partial charge >= 0.3 is 0 Å². The summed E-state index contributed by atoms with van der Waals surface area (Å²) in [5, 5.41) is 9.35. The molecule has 1 aromatic heterocycles. The van der Waals surface area contributed by atoms with Crippen molar-refractivity contribution in [1.82, 2.24) is 20.3 Å². The van der Waals surface area contributed by atoms with E-state index in [1.165, 1.54) is 12.1 Å². The molecule has 2 amide bonds. The molecule has 9 heteroatoms. The number of benzene rings is 1. The van der Waals surface area contributed by atoms with Crippen LogP contribution in [0, 0.1) is 12.7 Å². The highest BCUT2D eigenvalue weighted by molar-refractivity contribution is 5.91. The van der Waals surface area contributed by atoms with Crippen LogP contribution in [0.2, 0.25) is 0 Å². The standard InChI is InChI=1S/C20H26FN5O3/c1-15-12-18(24-29-15)23-20(28)14-26-10-8-25(9-11-26)13-19(27)22-7-6-16-2-4-17(21)5-3-16/h2-5,12H,6-11,13-14H2,1H3,(H,22,27)(H,23,24,28). The van der Waals surface area contributed by atoms with Gasteiger partial charge in [-0.25, -0.2) is 4.39 Å². The number of nitrogens with zero attached hydrogens (tertiary/aromatic N) is 3. The van der Waals surface area contributed by atoms with Gasteiger partial charge in [0.25, 0.3) is 0 Å². The van der Waals surface area contributed by atoms with Crippen molar-refractivity contribution in [3.05, 3.63) is 47.5 Å². The maximum atomic E-state index is 12.9. The van der Waals surface area contributed by atoms with Crippen LogP contribution in [0.25, 0.3) is 0 Å². The Morgan fingerprint density at radius 3 is 2.28 bits per heavy atom. The van der Waals surface area contributed by atoms with Gasteiger partial charge in [0, 0.05) is 38.8 Å². The molecular formula is C20H26FN5O3. The van der Waals surface area contributed by atoms with Crippen LogP contribution in [0.15, 0.2) is 34.9 Å². The first kappa shape index (κ1) is 20.9. The van der Waals surface area contributed by atoms with E-state index in [9.17, 15) is 14.0 Å². The second-order valence-electron chi connectivity index (χ2n) is 7.15. The van der Waals surface area contributed by atoms with Gasteiger partial charge in [0.2, 0.25) is 11.8 Å². The molecule has 1 aliphatic heterocycles. The fourth-order valence-corrected chi connectivity index (χ4v) is 3.17. The number of hydrogen-bond acceptors (Lipinski definition) is 6. The van der Waals surface area contributed by atoms with E-state index in [0.717, 1.165) is 18.7 Å². The Labute approximate surface area is 169 Å². The van der Waals surface area contributed by atoms with Crippen molar-refractivity contribution in [2.75, 3.05) is 51.1 Å². The zero-order chi connectivity index (χ0) is 20.6. The van der Waals surface area contributed by atoms with Crippen LogP contribution < -0.4 is 10.6 Å². The summed E-state index contributed by atoms with van der Waals surface area (Å²) in [6.45, 7) is 5.78. The second-order valence-corrected chi connectivity index (χ2v) is 7.15. The average Bonchev–Trinajstić information content (AvgIpc) is 3.09. The molecule has 8 nitrogen and oxygen atoms in total. The molecule has 2 N–H and O–H groups in total. The van der Waals surface area contributed by atoms with Crippen LogP contribution in [-0.4, -0.2) is 72.6 Å². The number of aromatic nitrogens is 1. The number of carbonyl (C=O) groups excluding carboxylic acids is 2. The second kappa shape index (κ2) is 10.1. The Hall–Kier alpha value is -2.78. The first-order valence-corrected chi connectivity index (χ1v) is 9.67. The van der Waals surface area contributed by atoms with Crippen molar-refractivity contribution in [2.24, 2.45) is 0 Å². The van der Waals surface area contributed by atoms with Crippen molar-refractivity contribution in [3.8, 4) is 0 Å². The fraction of sp³-hybridized carbons (Fsp3) is 0.450. The molecule has 1 aromatic carbocycles. The summed E-state index contributed by atoms with van der Waals surface area (Å²) in [4.78, 5) is 28.3. The Morgan fingerprint density at radius 2 is 1.69 bits per heavy atom. The van der Waals surface area contributed by atoms with E-state index in [1.807, 2.05) is 4.90 Å². The van der Waals surface area contributed by atoms with Gasteiger partial charge < -0.3 is 15.2 Å². The van der Waals surface area contributed by atoms with Gasteiger partial charge in [-0.3, -0.25) is 19.4 Å². The minimum absolute atomic E-state index is 0.0280. The molecule has 0 aliphatic carbocycles. The Bertz CT molecular complexity index is 816. The van der Waals surface area contributed by atoms with Crippen LogP contribution in [0.3, 0.4) is 0 Å². The Kier molecular flexibility index (Phi) is 7.31. The lowest BCUT2D eigenvalue weighted by atomic mass is 10.1. The van der Waals surface area contributed by atoms with E-state index in [0.29, 0.717) is 44.2 Å². The predicted octanol–water partition coefficient (Wildman–Crippen LogP) is 1.04. The maximum Gasteiger partial charge on any atom is 0.239 e. The minimum Gasteiger partial charge on any atom is -0.360 e. The van der Waals surface area contributed by atoms with Crippen molar-refractivity contribution < 1.29 is 18.5 Å². The molecule has 1 aliphatic rings. The highest BCUT2D eigenvalue weighted by Crippen LogP contribution is 2.08. The quantitative estimate of drug-likeness (QED) is 0.685. The van der Waals surface area contributed by atoms with Gasteiger partial charge in [-0.05, 0) is 31.0 Å². The largest absolute Gasteiger partial charge is 0.360 e. The van der Waals surface area contributed by atoms with E-state index >= 15 is 0 Å². The maximum absolute atomic E-state index is 12.9. The minimum atomic E-state index is -0.261. The molecule has 29 heavy (non-hydrogen) atoms. The predicted molar refractivity (Wildman–Crippen MR) is 106 cm³/mol. The third-order valence-electron chi connectivity index (χ3n) is 4.74. The van der Waals surface area contributed by atoms with Gasteiger partial charge in [0.1, 0.15) is 11.6 Å². The van der Waals surface area contributed by atoms with Gasteiger partial charge in [-0.15, -0.1) is 0 Å². The first-order chi connectivity index (χ1) is 14.0. The highest BCUT2D eigenvalue weighted by atomic mass is 19.1. The van der Waals surface area contributed by atoms with E-state index in [2.05, 4.69) is 20.7 Å². The molecule has 0 spiro atoms. The molecule has 0 unspecified atom stereocenters.